The Morgan fingerprint density at radius 3 is 2.47 bits per heavy atom. The first kappa shape index (κ1) is 15.2. The summed E-state index contributed by atoms with van der Waals surface area (Å²) in [4.78, 5) is 27.8. The summed E-state index contributed by atoms with van der Waals surface area (Å²) in [5.74, 6) is -1.20. The molecule has 0 aromatic carbocycles. The molecule has 0 radical (unpaired) electrons. The van der Waals surface area contributed by atoms with Gasteiger partial charge in [-0.1, -0.05) is 11.6 Å². The van der Waals surface area contributed by atoms with Crippen LogP contribution in [-0.4, -0.2) is 34.8 Å². The van der Waals surface area contributed by atoms with Crippen LogP contribution in [0, 0.1) is 0 Å². The van der Waals surface area contributed by atoms with E-state index in [0.717, 1.165) is 4.90 Å². The quantitative estimate of drug-likeness (QED) is 0.846. The summed E-state index contributed by atoms with van der Waals surface area (Å²) in [5.41, 5.74) is -0.672. The number of anilines is 1. The molecule has 1 N–H and O–H groups in total. The lowest BCUT2D eigenvalue weighted by molar-refractivity contribution is 0.0589. The highest BCUT2D eigenvalue weighted by Gasteiger charge is 2.24. The van der Waals surface area contributed by atoms with Gasteiger partial charge in [0, 0.05) is 7.05 Å². The van der Waals surface area contributed by atoms with Crippen LogP contribution in [0.15, 0.2) is 12.3 Å². The first-order valence-electron chi connectivity index (χ1n) is 5.47. The molecule has 1 heterocycles. The van der Waals surface area contributed by atoms with Crippen molar-refractivity contribution < 1.29 is 19.4 Å². The second kappa shape index (κ2) is 5.44. The van der Waals surface area contributed by atoms with Gasteiger partial charge >= 0.3 is 12.1 Å². The molecule has 1 aromatic heterocycles. The number of carbonyl (C=O) groups excluding carboxylic acids is 1. The number of carboxylic acids is 1. The third-order valence-electron chi connectivity index (χ3n) is 2.11. The van der Waals surface area contributed by atoms with Crippen LogP contribution in [0.4, 0.5) is 10.5 Å². The molecule has 0 fully saturated rings. The molecule has 0 aliphatic rings. The lowest BCUT2D eigenvalue weighted by Gasteiger charge is -2.25. The molecule has 1 aromatic rings. The highest BCUT2D eigenvalue weighted by atomic mass is 35.5. The van der Waals surface area contributed by atoms with Crippen LogP contribution in [0.3, 0.4) is 0 Å². The molecule has 0 bridgehead atoms. The minimum atomic E-state index is -1.20. The third-order valence-corrected chi connectivity index (χ3v) is 2.32. The molecule has 104 valence electrons. The minimum absolute atomic E-state index is 0.0405. The van der Waals surface area contributed by atoms with Crippen molar-refractivity contribution in [3.05, 3.63) is 23.0 Å². The standard InChI is InChI=1S/C12H15ClN2O4/c1-12(2,3)19-11(18)15(4)8-6-14-9(13)5-7(8)10(16)17/h5-6H,1-4H3,(H,16,17). The summed E-state index contributed by atoms with van der Waals surface area (Å²) in [6.45, 7) is 5.16. The number of ether oxygens (including phenoxy) is 1. The molecule has 19 heavy (non-hydrogen) atoms. The predicted octanol–water partition coefficient (Wildman–Crippen LogP) is 2.80. The summed E-state index contributed by atoms with van der Waals surface area (Å²) < 4.78 is 5.15. The van der Waals surface area contributed by atoms with Crippen LogP contribution in [0.1, 0.15) is 31.1 Å². The SMILES string of the molecule is CN(C(=O)OC(C)(C)C)c1cnc(Cl)cc1C(=O)O. The summed E-state index contributed by atoms with van der Waals surface area (Å²) in [7, 11) is 1.41. The van der Waals surface area contributed by atoms with E-state index in [-0.39, 0.29) is 16.4 Å². The maximum atomic E-state index is 11.9. The van der Waals surface area contributed by atoms with E-state index in [1.165, 1.54) is 19.3 Å². The fourth-order valence-electron chi connectivity index (χ4n) is 1.29. The van der Waals surface area contributed by atoms with E-state index in [1.807, 2.05) is 0 Å². The molecule has 0 saturated heterocycles. The van der Waals surface area contributed by atoms with E-state index in [0.29, 0.717) is 0 Å². The lowest BCUT2D eigenvalue weighted by atomic mass is 10.2. The predicted molar refractivity (Wildman–Crippen MR) is 70.8 cm³/mol. The largest absolute Gasteiger partial charge is 0.478 e. The number of hydrogen-bond donors (Lipinski definition) is 1. The maximum absolute atomic E-state index is 11.9. The minimum Gasteiger partial charge on any atom is -0.478 e. The Balaban J connectivity index is 3.09. The van der Waals surface area contributed by atoms with Gasteiger partial charge in [-0.15, -0.1) is 0 Å². The highest BCUT2D eigenvalue weighted by Crippen LogP contribution is 2.23. The molecular formula is C12H15ClN2O4. The number of aromatic nitrogens is 1. The lowest BCUT2D eigenvalue weighted by Crippen LogP contribution is -2.35. The van der Waals surface area contributed by atoms with Gasteiger partial charge in [0.25, 0.3) is 0 Å². The molecule has 0 unspecified atom stereocenters. The van der Waals surface area contributed by atoms with E-state index in [4.69, 9.17) is 21.4 Å². The van der Waals surface area contributed by atoms with Crippen molar-refractivity contribution in [2.75, 3.05) is 11.9 Å². The number of carboxylic acid groups (broad SMARTS) is 1. The van der Waals surface area contributed by atoms with Crippen molar-refractivity contribution in [2.24, 2.45) is 0 Å². The first-order chi connectivity index (χ1) is 8.61. The first-order valence-corrected chi connectivity index (χ1v) is 5.85. The van der Waals surface area contributed by atoms with Gasteiger partial charge in [-0.2, -0.15) is 0 Å². The van der Waals surface area contributed by atoms with Gasteiger partial charge in [-0.3, -0.25) is 4.90 Å². The number of amides is 1. The molecule has 0 atom stereocenters. The van der Waals surface area contributed by atoms with Gasteiger partial charge in [-0.05, 0) is 26.8 Å². The van der Waals surface area contributed by atoms with Gasteiger partial charge in [0.1, 0.15) is 10.8 Å². The fraction of sp³-hybridized carbons (Fsp3) is 0.417. The highest BCUT2D eigenvalue weighted by molar-refractivity contribution is 6.29. The molecule has 0 spiro atoms. The number of aromatic carboxylic acids is 1. The van der Waals surface area contributed by atoms with Crippen molar-refractivity contribution >= 4 is 29.4 Å². The summed E-state index contributed by atoms with van der Waals surface area (Å²) in [5, 5.41) is 9.13. The topological polar surface area (TPSA) is 79.7 Å². The van der Waals surface area contributed by atoms with E-state index in [1.54, 1.807) is 20.8 Å². The zero-order chi connectivity index (χ0) is 14.8. The number of nitrogens with zero attached hydrogens (tertiary/aromatic N) is 2. The average molecular weight is 287 g/mol. The van der Waals surface area contributed by atoms with Crippen molar-refractivity contribution in [1.29, 1.82) is 0 Å². The molecular weight excluding hydrogens is 272 g/mol. The second-order valence-corrected chi connectivity index (χ2v) is 5.26. The van der Waals surface area contributed by atoms with Crippen LogP contribution < -0.4 is 4.90 Å². The van der Waals surface area contributed by atoms with Crippen LogP contribution in [0.5, 0.6) is 0 Å². The van der Waals surface area contributed by atoms with Gasteiger partial charge in [0.2, 0.25) is 0 Å². The van der Waals surface area contributed by atoms with E-state index < -0.39 is 17.7 Å². The molecule has 0 aliphatic carbocycles. The normalized spacial score (nSPS) is 11.0. The Morgan fingerprint density at radius 2 is 2.00 bits per heavy atom. The summed E-state index contributed by atoms with van der Waals surface area (Å²) in [6.07, 6.45) is 0.550. The van der Waals surface area contributed by atoms with E-state index in [2.05, 4.69) is 4.98 Å². The van der Waals surface area contributed by atoms with Gasteiger partial charge < -0.3 is 9.84 Å². The summed E-state index contributed by atoms with van der Waals surface area (Å²) in [6, 6.07) is 1.18. The average Bonchev–Trinajstić information content (AvgIpc) is 2.25. The molecule has 1 amide bonds. The smallest absolute Gasteiger partial charge is 0.414 e. The Labute approximate surface area is 115 Å². The number of carbonyl (C=O) groups is 2. The van der Waals surface area contributed by atoms with E-state index in [9.17, 15) is 9.59 Å². The molecule has 1 rings (SSSR count). The molecule has 7 heteroatoms. The Bertz CT molecular complexity index is 511. The zero-order valence-corrected chi connectivity index (χ0v) is 11.9. The van der Waals surface area contributed by atoms with Crippen molar-refractivity contribution in [3.63, 3.8) is 0 Å². The zero-order valence-electron chi connectivity index (χ0n) is 11.1. The Kier molecular flexibility index (Phi) is 4.36. The summed E-state index contributed by atoms with van der Waals surface area (Å²) >= 11 is 5.64. The molecule has 6 nitrogen and oxygen atoms in total. The molecule has 0 saturated carbocycles. The van der Waals surface area contributed by atoms with Crippen molar-refractivity contribution in [3.8, 4) is 0 Å². The van der Waals surface area contributed by atoms with Crippen molar-refractivity contribution in [2.45, 2.75) is 26.4 Å². The monoisotopic (exact) mass is 286 g/mol. The maximum Gasteiger partial charge on any atom is 0.414 e. The van der Waals surface area contributed by atoms with Crippen molar-refractivity contribution in [1.82, 2.24) is 4.98 Å². The fourth-order valence-corrected chi connectivity index (χ4v) is 1.45. The number of rotatable bonds is 2. The number of pyridine rings is 1. The van der Waals surface area contributed by atoms with Crippen LogP contribution in [0.25, 0.3) is 0 Å². The molecule has 0 aliphatic heterocycles. The third kappa shape index (κ3) is 4.10. The Morgan fingerprint density at radius 1 is 1.42 bits per heavy atom. The number of hydrogen-bond acceptors (Lipinski definition) is 4. The van der Waals surface area contributed by atoms with Crippen LogP contribution >= 0.6 is 11.6 Å². The second-order valence-electron chi connectivity index (χ2n) is 4.87. The van der Waals surface area contributed by atoms with Gasteiger partial charge in [-0.25, -0.2) is 14.6 Å². The van der Waals surface area contributed by atoms with E-state index >= 15 is 0 Å². The Hall–Kier alpha value is -1.82. The van der Waals surface area contributed by atoms with Gasteiger partial charge in [0.05, 0.1) is 17.4 Å². The van der Waals surface area contributed by atoms with Gasteiger partial charge in [0.15, 0.2) is 0 Å². The van der Waals surface area contributed by atoms with Crippen LogP contribution in [0.2, 0.25) is 5.15 Å². The number of halogens is 1. The van der Waals surface area contributed by atoms with Crippen LogP contribution in [-0.2, 0) is 4.74 Å².